The van der Waals surface area contributed by atoms with E-state index in [2.05, 4.69) is 6.92 Å². The highest BCUT2D eigenvalue weighted by Gasteiger charge is 2.01. The molecule has 0 spiro atoms. The summed E-state index contributed by atoms with van der Waals surface area (Å²) in [6.45, 7) is 2.71. The van der Waals surface area contributed by atoms with Crippen LogP contribution in [-0.2, 0) is 0 Å². The number of hydrogen-bond donors (Lipinski definition) is 1. The van der Waals surface area contributed by atoms with Crippen LogP contribution in [0.1, 0.15) is 30.1 Å². The molecule has 3 heteroatoms. The lowest BCUT2D eigenvalue weighted by atomic mass is 10.2. The van der Waals surface area contributed by atoms with Gasteiger partial charge in [0.25, 0.3) is 0 Å². The highest BCUT2D eigenvalue weighted by atomic mass is 16.5. The number of ether oxygens (including phenoxy) is 1. The minimum Gasteiger partial charge on any atom is -0.507 e. The highest BCUT2D eigenvalue weighted by Crippen LogP contribution is 2.22. The summed E-state index contributed by atoms with van der Waals surface area (Å²) in [6.07, 6.45) is 2.67. The van der Waals surface area contributed by atoms with Crippen molar-refractivity contribution in [3.05, 3.63) is 23.8 Å². The lowest BCUT2D eigenvalue weighted by Gasteiger charge is -2.05. The molecule has 0 aliphatic rings. The average Bonchev–Trinajstić information content (AvgIpc) is 2.18. The van der Waals surface area contributed by atoms with Crippen LogP contribution in [-0.4, -0.2) is 18.0 Å². The second-order valence-electron chi connectivity index (χ2n) is 3.04. The summed E-state index contributed by atoms with van der Waals surface area (Å²) in [4.78, 5) is 10.4. The summed E-state index contributed by atoms with van der Waals surface area (Å²) in [5, 5.41) is 9.34. The second kappa shape index (κ2) is 5.27. The third kappa shape index (κ3) is 2.76. The van der Waals surface area contributed by atoms with Crippen molar-refractivity contribution >= 4 is 6.29 Å². The van der Waals surface area contributed by atoms with Gasteiger partial charge in [-0.15, -0.1) is 0 Å². The maximum absolute atomic E-state index is 10.4. The van der Waals surface area contributed by atoms with Gasteiger partial charge < -0.3 is 9.84 Å². The molecule has 1 rings (SSSR count). The molecule has 0 saturated carbocycles. The first-order chi connectivity index (χ1) is 6.77. The molecule has 76 valence electrons. The van der Waals surface area contributed by atoms with Gasteiger partial charge in [-0.1, -0.05) is 13.3 Å². The molecule has 0 saturated heterocycles. The van der Waals surface area contributed by atoms with Crippen LogP contribution >= 0.6 is 0 Å². The zero-order valence-corrected chi connectivity index (χ0v) is 8.19. The number of aldehydes is 1. The van der Waals surface area contributed by atoms with Crippen molar-refractivity contribution in [3.8, 4) is 11.5 Å². The van der Waals surface area contributed by atoms with Crippen molar-refractivity contribution in [2.75, 3.05) is 6.61 Å². The molecule has 0 bridgehead atoms. The number of phenolic OH excluding ortho intramolecular Hbond substituents is 1. The molecule has 14 heavy (non-hydrogen) atoms. The van der Waals surface area contributed by atoms with E-state index in [9.17, 15) is 9.90 Å². The summed E-state index contributed by atoms with van der Waals surface area (Å²) in [5.41, 5.74) is 0.285. The number of aromatic hydroxyl groups is 1. The van der Waals surface area contributed by atoms with Crippen LogP contribution < -0.4 is 4.74 Å². The number of carbonyl (C=O) groups is 1. The number of unbranched alkanes of at least 4 members (excludes halogenated alkanes) is 1. The number of carbonyl (C=O) groups excluding carboxylic acids is 1. The van der Waals surface area contributed by atoms with Crippen LogP contribution in [0.15, 0.2) is 18.2 Å². The summed E-state index contributed by atoms with van der Waals surface area (Å²) in [5.74, 6) is 0.565. The molecule has 1 aromatic carbocycles. The van der Waals surface area contributed by atoms with Gasteiger partial charge in [0, 0.05) is 6.07 Å². The minimum atomic E-state index is -0.0333. The Morgan fingerprint density at radius 2 is 2.29 bits per heavy atom. The van der Waals surface area contributed by atoms with E-state index in [0.29, 0.717) is 18.6 Å². The molecule has 0 amide bonds. The van der Waals surface area contributed by atoms with E-state index in [1.54, 1.807) is 12.1 Å². The van der Waals surface area contributed by atoms with Gasteiger partial charge in [0.2, 0.25) is 0 Å². The van der Waals surface area contributed by atoms with Gasteiger partial charge in [0.15, 0.2) is 6.29 Å². The van der Waals surface area contributed by atoms with E-state index >= 15 is 0 Å². The van der Waals surface area contributed by atoms with Gasteiger partial charge in [-0.2, -0.15) is 0 Å². The predicted molar refractivity (Wildman–Crippen MR) is 53.9 cm³/mol. The van der Waals surface area contributed by atoms with E-state index in [1.165, 1.54) is 6.07 Å². The first kappa shape index (κ1) is 10.6. The maximum Gasteiger partial charge on any atom is 0.153 e. The van der Waals surface area contributed by atoms with Gasteiger partial charge in [-0.25, -0.2) is 0 Å². The van der Waals surface area contributed by atoms with E-state index in [-0.39, 0.29) is 11.3 Å². The van der Waals surface area contributed by atoms with Crippen molar-refractivity contribution < 1.29 is 14.6 Å². The van der Waals surface area contributed by atoms with Gasteiger partial charge in [0.1, 0.15) is 11.5 Å². The zero-order valence-electron chi connectivity index (χ0n) is 8.19. The van der Waals surface area contributed by atoms with Crippen LogP contribution in [0.2, 0.25) is 0 Å². The monoisotopic (exact) mass is 194 g/mol. The summed E-state index contributed by atoms with van der Waals surface area (Å²) >= 11 is 0. The fraction of sp³-hybridized carbons (Fsp3) is 0.364. The smallest absolute Gasteiger partial charge is 0.153 e. The van der Waals surface area contributed by atoms with Gasteiger partial charge in [-0.3, -0.25) is 4.79 Å². The van der Waals surface area contributed by atoms with E-state index in [0.717, 1.165) is 12.8 Å². The lowest BCUT2D eigenvalue weighted by Crippen LogP contribution is -1.96. The van der Waals surface area contributed by atoms with Gasteiger partial charge in [-0.05, 0) is 18.6 Å². The second-order valence-corrected chi connectivity index (χ2v) is 3.04. The molecule has 3 nitrogen and oxygen atoms in total. The Morgan fingerprint density at radius 1 is 1.50 bits per heavy atom. The number of benzene rings is 1. The Balaban J connectivity index is 2.62. The molecular weight excluding hydrogens is 180 g/mol. The molecule has 0 fully saturated rings. The number of hydrogen-bond acceptors (Lipinski definition) is 3. The normalized spacial score (nSPS) is 9.79. The van der Waals surface area contributed by atoms with Crippen molar-refractivity contribution in [2.24, 2.45) is 0 Å². The van der Waals surface area contributed by atoms with Crippen LogP contribution in [0.25, 0.3) is 0 Å². The van der Waals surface area contributed by atoms with E-state index < -0.39 is 0 Å². The zero-order chi connectivity index (χ0) is 10.4. The van der Waals surface area contributed by atoms with Crippen LogP contribution in [0.4, 0.5) is 0 Å². The first-order valence-corrected chi connectivity index (χ1v) is 4.69. The van der Waals surface area contributed by atoms with E-state index in [1.807, 2.05) is 0 Å². The summed E-state index contributed by atoms with van der Waals surface area (Å²) in [7, 11) is 0. The molecule has 0 aliphatic heterocycles. The Morgan fingerprint density at radius 3 is 2.86 bits per heavy atom. The standard InChI is InChI=1S/C11H14O3/c1-2-3-6-14-10-5-4-9(8-12)11(13)7-10/h4-5,7-8,13H,2-3,6H2,1H3. The molecule has 0 atom stereocenters. The molecule has 0 radical (unpaired) electrons. The third-order valence-corrected chi connectivity index (χ3v) is 1.90. The molecular formula is C11H14O3. The Kier molecular flexibility index (Phi) is 3.98. The van der Waals surface area contributed by atoms with Crippen molar-refractivity contribution in [1.82, 2.24) is 0 Å². The van der Waals surface area contributed by atoms with Crippen molar-refractivity contribution in [3.63, 3.8) is 0 Å². The molecule has 0 aromatic heterocycles. The van der Waals surface area contributed by atoms with Crippen molar-refractivity contribution in [1.29, 1.82) is 0 Å². The Hall–Kier alpha value is -1.51. The summed E-state index contributed by atoms with van der Waals surface area (Å²) in [6, 6.07) is 4.68. The van der Waals surface area contributed by atoms with E-state index in [4.69, 9.17) is 4.74 Å². The van der Waals surface area contributed by atoms with Crippen LogP contribution in [0.3, 0.4) is 0 Å². The SMILES string of the molecule is CCCCOc1ccc(C=O)c(O)c1. The number of phenols is 1. The summed E-state index contributed by atoms with van der Waals surface area (Å²) < 4.78 is 5.35. The molecule has 0 unspecified atom stereocenters. The minimum absolute atomic E-state index is 0.0333. The Labute approximate surface area is 83.3 Å². The quantitative estimate of drug-likeness (QED) is 0.578. The average molecular weight is 194 g/mol. The molecule has 1 aromatic rings. The Bertz CT molecular complexity index is 307. The maximum atomic E-state index is 10.4. The van der Waals surface area contributed by atoms with Crippen LogP contribution in [0, 0.1) is 0 Å². The van der Waals surface area contributed by atoms with Crippen molar-refractivity contribution in [2.45, 2.75) is 19.8 Å². The first-order valence-electron chi connectivity index (χ1n) is 4.69. The lowest BCUT2D eigenvalue weighted by molar-refractivity contribution is 0.112. The fourth-order valence-electron chi connectivity index (χ4n) is 1.05. The topological polar surface area (TPSA) is 46.5 Å². The predicted octanol–water partition coefficient (Wildman–Crippen LogP) is 2.38. The third-order valence-electron chi connectivity index (χ3n) is 1.90. The van der Waals surface area contributed by atoms with Crippen LogP contribution in [0.5, 0.6) is 11.5 Å². The highest BCUT2D eigenvalue weighted by molar-refractivity contribution is 5.79. The molecule has 1 N–H and O–H groups in total. The fourth-order valence-corrected chi connectivity index (χ4v) is 1.05. The largest absolute Gasteiger partial charge is 0.507 e. The van der Waals surface area contributed by atoms with Gasteiger partial charge in [0.05, 0.1) is 12.2 Å². The molecule has 0 heterocycles. The number of rotatable bonds is 5. The molecule has 0 aliphatic carbocycles. The van der Waals surface area contributed by atoms with Gasteiger partial charge >= 0.3 is 0 Å².